The van der Waals surface area contributed by atoms with Gasteiger partial charge in [0.25, 0.3) is 0 Å². The Balaban J connectivity index is 1.65. The summed E-state index contributed by atoms with van der Waals surface area (Å²) in [6.07, 6.45) is 7.33. The van der Waals surface area contributed by atoms with Crippen molar-refractivity contribution >= 4 is 17.8 Å². The van der Waals surface area contributed by atoms with Crippen molar-refractivity contribution in [2.75, 3.05) is 33.3 Å². The van der Waals surface area contributed by atoms with Gasteiger partial charge in [0.05, 0.1) is 32.8 Å². The van der Waals surface area contributed by atoms with E-state index in [1.165, 1.54) is 7.11 Å². The van der Waals surface area contributed by atoms with E-state index in [9.17, 15) is 14.4 Å². The van der Waals surface area contributed by atoms with Crippen molar-refractivity contribution in [3.63, 3.8) is 0 Å². The van der Waals surface area contributed by atoms with Gasteiger partial charge in [-0.05, 0) is 35.7 Å². The number of aryl methyl sites for hydroxylation is 1. The van der Waals surface area contributed by atoms with Crippen LogP contribution >= 0.6 is 0 Å². The third-order valence-corrected chi connectivity index (χ3v) is 5.28. The van der Waals surface area contributed by atoms with Gasteiger partial charge in [-0.2, -0.15) is 0 Å². The molecule has 2 aromatic rings. The SMILES string of the molecule is COC(=O)CCN1C[C@H](OCc2ccncc2)CN(C(=O)CCc2cccnc2)CC1=O. The van der Waals surface area contributed by atoms with Gasteiger partial charge >= 0.3 is 5.97 Å². The van der Waals surface area contributed by atoms with Gasteiger partial charge in [0.1, 0.15) is 0 Å². The van der Waals surface area contributed by atoms with Gasteiger partial charge in [-0.3, -0.25) is 24.4 Å². The summed E-state index contributed by atoms with van der Waals surface area (Å²) in [6.45, 7) is 1.12. The summed E-state index contributed by atoms with van der Waals surface area (Å²) in [4.78, 5) is 48.5. The molecule has 170 valence electrons. The number of ether oxygens (including phenoxy) is 2. The molecule has 1 aliphatic rings. The van der Waals surface area contributed by atoms with E-state index in [-0.39, 0.29) is 49.8 Å². The van der Waals surface area contributed by atoms with Gasteiger partial charge in [0, 0.05) is 50.8 Å². The fourth-order valence-corrected chi connectivity index (χ4v) is 3.47. The van der Waals surface area contributed by atoms with Crippen molar-refractivity contribution in [2.45, 2.75) is 32.0 Å². The highest BCUT2D eigenvalue weighted by Crippen LogP contribution is 2.14. The van der Waals surface area contributed by atoms with E-state index in [1.54, 1.807) is 34.6 Å². The number of esters is 1. The molecule has 2 amide bonds. The number of carbonyl (C=O) groups excluding carboxylic acids is 3. The molecule has 0 saturated carbocycles. The monoisotopic (exact) mass is 440 g/mol. The molecule has 0 spiro atoms. The molecule has 3 heterocycles. The number of methoxy groups -OCH3 is 1. The molecule has 1 fully saturated rings. The standard InChI is InChI=1S/C23H28N4O5/c1-31-23(30)8-12-26-14-20(32-17-19-6-10-24-11-7-19)15-27(16-22(26)29)21(28)5-4-18-3-2-9-25-13-18/h2-3,6-7,9-11,13,20H,4-5,8,12,14-17H2,1H3/t20-/m0/s1. The number of aromatic nitrogens is 2. The lowest BCUT2D eigenvalue weighted by Gasteiger charge is -2.24. The van der Waals surface area contributed by atoms with Gasteiger partial charge in [-0.25, -0.2) is 0 Å². The summed E-state index contributed by atoms with van der Waals surface area (Å²) in [7, 11) is 1.32. The van der Waals surface area contributed by atoms with Crippen molar-refractivity contribution in [2.24, 2.45) is 0 Å². The van der Waals surface area contributed by atoms with Crippen LogP contribution in [0.25, 0.3) is 0 Å². The molecular weight excluding hydrogens is 412 g/mol. The van der Waals surface area contributed by atoms with Crippen molar-refractivity contribution in [1.82, 2.24) is 19.8 Å². The highest BCUT2D eigenvalue weighted by atomic mass is 16.5. The fraction of sp³-hybridized carbons (Fsp3) is 0.435. The smallest absolute Gasteiger partial charge is 0.307 e. The lowest BCUT2D eigenvalue weighted by atomic mass is 10.1. The number of amides is 2. The zero-order valence-electron chi connectivity index (χ0n) is 18.2. The molecule has 0 radical (unpaired) electrons. The Morgan fingerprint density at radius 3 is 2.59 bits per heavy atom. The third kappa shape index (κ3) is 7.12. The summed E-state index contributed by atoms with van der Waals surface area (Å²) in [5.41, 5.74) is 1.92. The zero-order valence-corrected chi connectivity index (χ0v) is 18.2. The minimum atomic E-state index is -0.388. The van der Waals surface area contributed by atoms with Crippen molar-refractivity contribution in [1.29, 1.82) is 0 Å². The quantitative estimate of drug-likeness (QED) is 0.541. The number of carbonyl (C=O) groups is 3. The molecular formula is C23H28N4O5. The third-order valence-electron chi connectivity index (χ3n) is 5.28. The maximum atomic E-state index is 12.9. The molecule has 1 aliphatic heterocycles. The summed E-state index contributed by atoms with van der Waals surface area (Å²) in [5, 5.41) is 0. The maximum Gasteiger partial charge on any atom is 0.307 e. The first kappa shape index (κ1) is 23.3. The number of rotatable bonds is 9. The number of hydrogen-bond acceptors (Lipinski definition) is 7. The zero-order chi connectivity index (χ0) is 22.8. The van der Waals surface area contributed by atoms with Crippen LogP contribution in [0.1, 0.15) is 24.0 Å². The predicted octanol–water partition coefficient (Wildman–Crippen LogP) is 1.23. The van der Waals surface area contributed by atoms with Crippen LogP contribution in [0.2, 0.25) is 0 Å². The Hall–Kier alpha value is -3.33. The number of hydrogen-bond donors (Lipinski definition) is 0. The van der Waals surface area contributed by atoms with Crippen LogP contribution in [0, 0.1) is 0 Å². The van der Waals surface area contributed by atoms with Gasteiger partial charge in [0.2, 0.25) is 11.8 Å². The topological polar surface area (TPSA) is 102 Å². The molecule has 1 saturated heterocycles. The minimum absolute atomic E-state index is 0.0395. The first-order valence-corrected chi connectivity index (χ1v) is 10.6. The predicted molar refractivity (Wildman–Crippen MR) is 115 cm³/mol. The largest absolute Gasteiger partial charge is 0.469 e. The molecule has 0 aromatic carbocycles. The molecule has 0 bridgehead atoms. The Bertz CT molecular complexity index is 894. The molecule has 0 aliphatic carbocycles. The van der Waals surface area contributed by atoms with Crippen LogP contribution in [0.3, 0.4) is 0 Å². The number of pyridine rings is 2. The van der Waals surface area contributed by atoms with Crippen LogP contribution in [0.4, 0.5) is 0 Å². The van der Waals surface area contributed by atoms with Gasteiger partial charge in [-0.15, -0.1) is 0 Å². The Morgan fingerprint density at radius 1 is 1.06 bits per heavy atom. The summed E-state index contributed by atoms with van der Waals surface area (Å²) in [5.74, 6) is -0.714. The lowest BCUT2D eigenvalue weighted by Crippen LogP contribution is -2.40. The summed E-state index contributed by atoms with van der Waals surface area (Å²) in [6, 6.07) is 7.46. The van der Waals surface area contributed by atoms with Crippen LogP contribution < -0.4 is 0 Å². The van der Waals surface area contributed by atoms with E-state index >= 15 is 0 Å². The van der Waals surface area contributed by atoms with Crippen molar-refractivity contribution < 1.29 is 23.9 Å². The fourth-order valence-electron chi connectivity index (χ4n) is 3.47. The van der Waals surface area contributed by atoms with Gasteiger partial charge in [-0.1, -0.05) is 6.07 Å². The Labute approximate surface area is 187 Å². The van der Waals surface area contributed by atoms with E-state index in [4.69, 9.17) is 4.74 Å². The average molecular weight is 441 g/mol. The van der Waals surface area contributed by atoms with Crippen LogP contribution in [-0.4, -0.2) is 76.9 Å². The molecule has 32 heavy (non-hydrogen) atoms. The minimum Gasteiger partial charge on any atom is -0.469 e. The number of nitrogens with zero attached hydrogens (tertiary/aromatic N) is 4. The van der Waals surface area contributed by atoms with E-state index in [1.807, 2.05) is 24.3 Å². The van der Waals surface area contributed by atoms with E-state index in [0.717, 1.165) is 11.1 Å². The van der Waals surface area contributed by atoms with Gasteiger partial charge < -0.3 is 19.3 Å². The first-order chi connectivity index (χ1) is 15.5. The van der Waals surface area contributed by atoms with Crippen LogP contribution in [-0.2, 0) is 36.9 Å². The highest BCUT2D eigenvalue weighted by molar-refractivity contribution is 5.85. The molecule has 0 N–H and O–H groups in total. The second-order valence-corrected chi connectivity index (χ2v) is 7.59. The molecule has 1 atom stereocenters. The molecule has 0 unspecified atom stereocenters. The average Bonchev–Trinajstić information content (AvgIpc) is 2.99. The van der Waals surface area contributed by atoms with E-state index in [2.05, 4.69) is 14.7 Å². The summed E-state index contributed by atoms with van der Waals surface area (Å²) < 4.78 is 10.8. The maximum absolute atomic E-state index is 12.9. The second-order valence-electron chi connectivity index (χ2n) is 7.59. The van der Waals surface area contributed by atoms with Crippen molar-refractivity contribution in [3.05, 3.63) is 60.2 Å². The van der Waals surface area contributed by atoms with E-state index in [0.29, 0.717) is 26.1 Å². The van der Waals surface area contributed by atoms with Crippen molar-refractivity contribution in [3.8, 4) is 0 Å². The molecule has 3 rings (SSSR count). The lowest BCUT2D eigenvalue weighted by molar-refractivity contribution is -0.142. The summed E-state index contributed by atoms with van der Waals surface area (Å²) >= 11 is 0. The van der Waals surface area contributed by atoms with Crippen LogP contribution in [0.15, 0.2) is 49.1 Å². The Kier molecular flexibility index (Phi) is 8.68. The molecule has 9 nitrogen and oxygen atoms in total. The Morgan fingerprint density at radius 2 is 1.88 bits per heavy atom. The highest BCUT2D eigenvalue weighted by Gasteiger charge is 2.31. The normalized spacial score (nSPS) is 16.5. The molecule has 9 heteroatoms. The molecule has 2 aromatic heterocycles. The van der Waals surface area contributed by atoms with Gasteiger partial charge in [0.15, 0.2) is 0 Å². The van der Waals surface area contributed by atoms with E-state index < -0.39 is 0 Å². The first-order valence-electron chi connectivity index (χ1n) is 10.6. The second kappa shape index (κ2) is 11.9. The van der Waals surface area contributed by atoms with Crippen LogP contribution in [0.5, 0.6) is 0 Å².